The van der Waals surface area contributed by atoms with Gasteiger partial charge in [0.15, 0.2) is 0 Å². The van der Waals surface area contributed by atoms with Gasteiger partial charge in [0.2, 0.25) is 0 Å². The van der Waals surface area contributed by atoms with Gasteiger partial charge in [0.05, 0.1) is 0 Å². The molecule has 0 aliphatic rings. The number of hydrogen-bond acceptors (Lipinski definition) is 2. The molecule has 0 bridgehead atoms. The van der Waals surface area contributed by atoms with Crippen LogP contribution in [0.2, 0.25) is 0 Å². The summed E-state index contributed by atoms with van der Waals surface area (Å²) >= 11 is 0. The molecule has 2 unspecified atom stereocenters. The maximum absolute atomic E-state index is 10.7. The summed E-state index contributed by atoms with van der Waals surface area (Å²) in [7, 11) is -0.688. The molecule has 0 radical (unpaired) electrons. The predicted molar refractivity (Wildman–Crippen MR) is 51.2 cm³/mol. The highest BCUT2D eigenvalue weighted by molar-refractivity contribution is 7.84. The van der Waals surface area contributed by atoms with Crippen molar-refractivity contribution in [2.45, 2.75) is 19.9 Å². The number of allylic oxidation sites excluding steroid dienone is 1. The van der Waals surface area contributed by atoms with Crippen LogP contribution in [-0.4, -0.2) is 28.8 Å². The Bertz CT molecular complexity index is 145. The Morgan fingerprint density at radius 2 is 2.27 bits per heavy atom. The van der Waals surface area contributed by atoms with E-state index >= 15 is 0 Å². The lowest BCUT2D eigenvalue weighted by molar-refractivity contribution is 0.624. The summed E-state index contributed by atoms with van der Waals surface area (Å²) in [5, 5.41) is 3.24. The summed E-state index contributed by atoms with van der Waals surface area (Å²) in [5.74, 6) is 0.734. The van der Waals surface area contributed by atoms with Crippen LogP contribution in [-0.2, 0) is 10.8 Å². The molecule has 66 valence electrons. The Balaban J connectivity index is 3.36. The van der Waals surface area contributed by atoms with Crippen molar-refractivity contribution in [3.63, 3.8) is 0 Å². The lowest BCUT2D eigenvalue weighted by Gasteiger charge is -2.09. The normalized spacial score (nSPS) is 17.0. The molecular formula is C8H17NOS. The molecule has 0 aromatic carbocycles. The topological polar surface area (TPSA) is 29.1 Å². The Morgan fingerprint density at radius 3 is 2.73 bits per heavy atom. The van der Waals surface area contributed by atoms with E-state index in [0.29, 0.717) is 6.04 Å². The number of rotatable bonds is 5. The van der Waals surface area contributed by atoms with Crippen molar-refractivity contribution in [2.75, 3.05) is 18.6 Å². The van der Waals surface area contributed by atoms with Gasteiger partial charge >= 0.3 is 0 Å². The molecule has 0 aliphatic carbocycles. The van der Waals surface area contributed by atoms with Gasteiger partial charge in [0.1, 0.15) is 0 Å². The zero-order valence-corrected chi connectivity index (χ0v) is 8.28. The van der Waals surface area contributed by atoms with Crippen molar-refractivity contribution in [3.8, 4) is 0 Å². The maximum Gasteiger partial charge on any atom is 0.0383 e. The lowest BCUT2D eigenvalue weighted by atomic mass is 10.4. The van der Waals surface area contributed by atoms with E-state index in [1.54, 1.807) is 6.26 Å². The molecule has 2 atom stereocenters. The smallest absolute Gasteiger partial charge is 0.0383 e. The highest BCUT2D eigenvalue weighted by Crippen LogP contribution is 1.84. The van der Waals surface area contributed by atoms with Gasteiger partial charge in [0.25, 0.3) is 0 Å². The van der Waals surface area contributed by atoms with Gasteiger partial charge in [-0.1, -0.05) is 12.2 Å². The van der Waals surface area contributed by atoms with Crippen LogP contribution in [0, 0.1) is 0 Å². The molecule has 0 aromatic rings. The molecule has 0 heterocycles. The Morgan fingerprint density at radius 1 is 1.64 bits per heavy atom. The minimum absolute atomic E-state index is 0.344. The second kappa shape index (κ2) is 6.55. The third-order valence-corrected chi connectivity index (χ3v) is 2.27. The van der Waals surface area contributed by atoms with Gasteiger partial charge in [-0.25, -0.2) is 0 Å². The van der Waals surface area contributed by atoms with Crippen LogP contribution in [0.15, 0.2) is 12.2 Å². The minimum Gasteiger partial charge on any atom is -0.310 e. The van der Waals surface area contributed by atoms with Crippen LogP contribution in [0.3, 0.4) is 0 Å². The van der Waals surface area contributed by atoms with Crippen LogP contribution in [0.25, 0.3) is 0 Å². The highest BCUT2D eigenvalue weighted by Gasteiger charge is 2.00. The molecular weight excluding hydrogens is 158 g/mol. The molecule has 0 amide bonds. The molecule has 0 spiro atoms. The fourth-order valence-corrected chi connectivity index (χ4v) is 1.62. The maximum atomic E-state index is 10.7. The van der Waals surface area contributed by atoms with Crippen molar-refractivity contribution in [1.29, 1.82) is 0 Å². The predicted octanol–water partition coefficient (Wildman–Crippen LogP) is 0.919. The Kier molecular flexibility index (Phi) is 6.46. The van der Waals surface area contributed by atoms with Crippen molar-refractivity contribution in [2.24, 2.45) is 0 Å². The summed E-state index contributed by atoms with van der Waals surface area (Å²) in [4.78, 5) is 0. The highest BCUT2D eigenvalue weighted by atomic mass is 32.2. The molecule has 0 aromatic heterocycles. The third-order valence-electron chi connectivity index (χ3n) is 1.30. The molecule has 1 N–H and O–H groups in total. The lowest BCUT2D eigenvalue weighted by Crippen LogP contribution is -2.30. The third kappa shape index (κ3) is 7.75. The zero-order valence-electron chi connectivity index (χ0n) is 7.46. The van der Waals surface area contributed by atoms with E-state index in [1.807, 2.05) is 19.9 Å². The molecule has 2 nitrogen and oxygen atoms in total. The summed E-state index contributed by atoms with van der Waals surface area (Å²) in [6, 6.07) is 0.344. The van der Waals surface area contributed by atoms with Crippen LogP contribution in [0.4, 0.5) is 0 Å². The van der Waals surface area contributed by atoms with Crippen molar-refractivity contribution in [1.82, 2.24) is 5.32 Å². The van der Waals surface area contributed by atoms with E-state index in [0.717, 1.165) is 12.3 Å². The second-order valence-corrected chi connectivity index (χ2v) is 4.10. The average Bonchev–Trinajstić information content (AvgIpc) is 1.86. The summed E-state index contributed by atoms with van der Waals surface area (Å²) in [6.45, 7) is 4.91. The molecule has 0 aliphatic heterocycles. The largest absolute Gasteiger partial charge is 0.310 e. The quantitative estimate of drug-likeness (QED) is 0.630. The van der Waals surface area contributed by atoms with E-state index < -0.39 is 10.8 Å². The molecule has 0 rings (SSSR count). The van der Waals surface area contributed by atoms with E-state index in [-0.39, 0.29) is 0 Å². The molecule has 0 saturated heterocycles. The van der Waals surface area contributed by atoms with Gasteiger partial charge in [-0.3, -0.25) is 4.21 Å². The molecule has 0 saturated carbocycles. The molecule has 0 fully saturated rings. The fourth-order valence-electron chi connectivity index (χ4n) is 0.798. The fraction of sp³-hybridized carbons (Fsp3) is 0.750. The first kappa shape index (κ1) is 10.8. The van der Waals surface area contributed by atoms with Crippen LogP contribution >= 0.6 is 0 Å². The summed E-state index contributed by atoms with van der Waals surface area (Å²) in [5.41, 5.74) is 0. The van der Waals surface area contributed by atoms with Crippen molar-refractivity contribution >= 4 is 10.8 Å². The van der Waals surface area contributed by atoms with Gasteiger partial charge < -0.3 is 5.32 Å². The average molecular weight is 175 g/mol. The first-order valence-electron chi connectivity index (χ1n) is 3.81. The van der Waals surface area contributed by atoms with Crippen LogP contribution in [0.1, 0.15) is 13.8 Å². The van der Waals surface area contributed by atoms with Crippen molar-refractivity contribution in [3.05, 3.63) is 12.2 Å². The van der Waals surface area contributed by atoms with E-state index in [4.69, 9.17) is 0 Å². The monoisotopic (exact) mass is 175 g/mol. The van der Waals surface area contributed by atoms with Gasteiger partial charge in [-0.15, -0.1) is 0 Å². The van der Waals surface area contributed by atoms with Gasteiger partial charge in [0, 0.05) is 35.4 Å². The number of nitrogens with one attached hydrogen (secondary N) is 1. The Labute approximate surface area is 71.5 Å². The number of hydrogen-bond donors (Lipinski definition) is 1. The summed E-state index contributed by atoms with van der Waals surface area (Å²) < 4.78 is 10.7. The molecule has 11 heavy (non-hydrogen) atoms. The van der Waals surface area contributed by atoms with Crippen molar-refractivity contribution < 1.29 is 4.21 Å². The minimum atomic E-state index is -0.688. The van der Waals surface area contributed by atoms with Crippen LogP contribution in [0.5, 0.6) is 0 Å². The first-order valence-corrected chi connectivity index (χ1v) is 5.54. The van der Waals surface area contributed by atoms with E-state index in [1.165, 1.54) is 0 Å². The first-order chi connectivity index (χ1) is 5.16. The van der Waals surface area contributed by atoms with Gasteiger partial charge in [-0.05, 0) is 13.8 Å². The standard InChI is InChI=1S/C8H17NOS/c1-4-5-6-9-8(2)7-11(3)10/h4-5,8-9H,6-7H2,1-3H3/b5-4+. The molecule has 3 heteroatoms. The summed E-state index contributed by atoms with van der Waals surface area (Å²) in [6.07, 6.45) is 5.78. The van der Waals surface area contributed by atoms with Gasteiger partial charge in [-0.2, -0.15) is 0 Å². The SMILES string of the molecule is C/C=C/CNC(C)CS(C)=O. The Hall–Kier alpha value is -0.150. The second-order valence-electron chi connectivity index (χ2n) is 2.62. The zero-order chi connectivity index (χ0) is 8.69. The van der Waals surface area contributed by atoms with Crippen LogP contribution < -0.4 is 5.32 Å². The van der Waals surface area contributed by atoms with E-state index in [2.05, 4.69) is 11.4 Å². The van der Waals surface area contributed by atoms with E-state index in [9.17, 15) is 4.21 Å².